The fraction of sp³-hybridized carbons (Fsp3) is 0.235. The molecule has 5 nitrogen and oxygen atoms in total. The van der Waals surface area contributed by atoms with E-state index in [0.717, 1.165) is 27.7 Å². The van der Waals surface area contributed by atoms with Gasteiger partial charge in [-0.3, -0.25) is 0 Å². The molecule has 0 aliphatic carbocycles. The molecule has 23 heavy (non-hydrogen) atoms. The van der Waals surface area contributed by atoms with Crippen LogP contribution in [0.5, 0.6) is 5.75 Å². The van der Waals surface area contributed by atoms with Crippen molar-refractivity contribution in [2.45, 2.75) is 12.6 Å². The van der Waals surface area contributed by atoms with Crippen molar-refractivity contribution in [3.8, 4) is 16.3 Å². The van der Waals surface area contributed by atoms with Gasteiger partial charge >= 0.3 is 0 Å². The first-order valence-electron chi connectivity index (χ1n) is 7.42. The van der Waals surface area contributed by atoms with Crippen molar-refractivity contribution in [3.05, 3.63) is 53.9 Å². The van der Waals surface area contributed by atoms with Crippen molar-refractivity contribution in [1.82, 2.24) is 4.98 Å². The maximum absolute atomic E-state index is 9.45. The zero-order chi connectivity index (χ0) is 15.6. The average molecular weight is 328 g/mol. The van der Waals surface area contributed by atoms with Crippen molar-refractivity contribution in [3.63, 3.8) is 0 Å². The summed E-state index contributed by atoms with van der Waals surface area (Å²) in [6.07, 6.45) is 3.14. The van der Waals surface area contributed by atoms with E-state index in [2.05, 4.69) is 15.3 Å². The molecule has 0 radical (unpaired) electrons. The Labute approximate surface area is 137 Å². The molecular weight excluding hydrogens is 312 g/mol. The highest BCUT2D eigenvalue weighted by Crippen LogP contribution is 2.34. The summed E-state index contributed by atoms with van der Waals surface area (Å²) in [6, 6.07) is 9.81. The number of aromatic nitrogens is 1. The summed E-state index contributed by atoms with van der Waals surface area (Å²) < 4.78 is 10.9. The van der Waals surface area contributed by atoms with Crippen LogP contribution in [0.25, 0.3) is 10.6 Å². The molecule has 1 aromatic carbocycles. The summed E-state index contributed by atoms with van der Waals surface area (Å²) in [4.78, 5) is 6.89. The van der Waals surface area contributed by atoms with E-state index in [-0.39, 0.29) is 12.7 Å². The molecule has 0 fully saturated rings. The van der Waals surface area contributed by atoms with Gasteiger partial charge in [0.05, 0.1) is 37.3 Å². The van der Waals surface area contributed by atoms with Crippen LogP contribution in [0.2, 0.25) is 0 Å². The average Bonchev–Trinajstić information content (AvgIpc) is 3.26. The van der Waals surface area contributed by atoms with Crippen LogP contribution in [0.1, 0.15) is 5.69 Å². The summed E-state index contributed by atoms with van der Waals surface area (Å²) in [5.41, 5.74) is 3.03. The van der Waals surface area contributed by atoms with Crippen LogP contribution in [-0.2, 0) is 6.54 Å². The zero-order valence-electron chi connectivity index (χ0n) is 12.4. The number of hydrogen-bond acceptors (Lipinski definition) is 6. The van der Waals surface area contributed by atoms with Crippen molar-refractivity contribution in [2.24, 2.45) is 0 Å². The number of furan rings is 1. The van der Waals surface area contributed by atoms with Crippen molar-refractivity contribution < 1.29 is 14.3 Å². The molecule has 3 aromatic rings. The highest BCUT2D eigenvalue weighted by molar-refractivity contribution is 7.13. The number of thiazole rings is 1. The second kappa shape index (κ2) is 6.06. The number of anilines is 1. The summed E-state index contributed by atoms with van der Waals surface area (Å²) in [5, 5.41) is 12.5. The number of para-hydroxylation sites is 2. The normalized spacial score (nSPS) is 16.9. The molecule has 0 bridgehead atoms. The Bertz CT molecular complexity index is 785. The standard InChI is InChI=1S/C17H16N2O3S/c20-9-14-8-19(15-3-1-2-4-16(15)22-14)7-13-11-23-17(18-13)12-5-6-21-10-12/h1-6,10-11,14,20H,7-9H2. The molecule has 0 saturated carbocycles. The number of aliphatic hydroxyl groups excluding tert-OH is 1. The van der Waals surface area contributed by atoms with Gasteiger partial charge in [-0.25, -0.2) is 4.98 Å². The Morgan fingerprint density at radius 1 is 1.30 bits per heavy atom. The van der Waals surface area contributed by atoms with E-state index in [0.29, 0.717) is 13.1 Å². The van der Waals surface area contributed by atoms with E-state index in [4.69, 9.17) is 9.15 Å². The lowest BCUT2D eigenvalue weighted by molar-refractivity contribution is 0.112. The first kappa shape index (κ1) is 14.3. The predicted molar refractivity (Wildman–Crippen MR) is 88.8 cm³/mol. The molecule has 0 saturated heterocycles. The second-order valence-electron chi connectivity index (χ2n) is 5.43. The Morgan fingerprint density at radius 2 is 2.22 bits per heavy atom. The largest absolute Gasteiger partial charge is 0.484 e. The van der Waals surface area contributed by atoms with Gasteiger partial charge in [0.1, 0.15) is 23.1 Å². The lowest BCUT2D eigenvalue weighted by Gasteiger charge is -2.35. The van der Waals surface area contributed by atoms with Gasteiger partial charge in [-0.1, -0.05) is 12.1 Å². The predicted octanol–water partition coefficient (Wildman–Crippen LogP) is 3.16. The van der Waals surface area contributed by atoms with Gasteiger partial charge < -0.3 is 19.2 Å². The Morgan fingerprint density at radius 3 is 3.04 bits per heavy atom. The van der Waals surface area contributed by atoms with Gasteiger partial charge in [-0.2, -0.15) is 0 Å². The van der Waals surface area contributed by atoms with Crippen molar-refractivity contribution in [1.29, 1.82) is 0 Å². The van der Waals surface area contributed by atoms with Crippen molar-refractivity contribution >= 4 is 17.0 Å². The number of nitrogens with zero attached hydrogens (tertiary/aromatic N) is 2. The van der Waals surface area contributed by atoms with Gasteiger partial charge in [0, 0.05) is 10.9 Å². The highest BCUT2D eigenvalue weighted by atomic mass is 32.1. The molecule has 0 spiro atoms. The fourth-order valence-corrected chi connectivity index (χ4v) is 3.51. The van der Waals surface area contributed by atoms with Crippen LogP contribution in [-0.4, -0.2) is 29.3 Å². The molecule has 1 unspecified atom stereocenters. The van der Waals surface area contributed by atoms with Gasteiger partial charge in [0.15, 0.2) is 0 Å². The SMILES string of the molecule is OCC1CN(Cc2csc(-c3ccoc3)n2)c2ccccc2O1. The van der Waals surface area contributed by atoms with Gasteiger partial charge in [-0.05, 0) is 18.2 Å². The minimum atomic E-state index is -0.211. The molecule has 118 valence electrons. The molecule has 2 aromatic heterocycles. The molecule has 3 heterocycles. The van der Waals surface area contributed by atoms with E-state index in [1.807, 2.05) is 30.3 Å². The van der Waals surface area contributed by atoms with E-state index in [1.54, 1.807) is 23.9 Å². The minimum absolute atomic E-state index is 0.00215. The maximum Gasteiger partial charge on any atom is 0.143 e. The molecule has 6 heteroatoms. The molecule has 1 aliphatic rings. The van der Waals surface area contributed by atoms with Gasteiger partial charge in [-0.15, -0.1) is 11.3 Å². The van der Waals surface area contributed by atoms with Crippen LogP contribution in [0.3, 0.4) is 0 Å². The van der Waals surface area contributed by atoms with E-state index in [9.17, 15) is 5.11 Å². The first-order chi connectivity index (χ1) is 11.3. The third-order valence-corrected chi connectivity index (χ3v) is 4.74. The Hall–Kier alpha value is -2.31. The van der Waals surface area contributed by atoms with Crippen LogP contribution in [0, 0.1) is 0 Å². The van der Waals surface area contributed by atoms with Gasteiger partial charge in [0.2, 0.25) is 0 Å². The topological polar surface area (TPSA) is 58.7 Å². The molecule has 4 rings (SSSR count). The number of rotatable bonds is 4. The van der Waals surface area contributed by atoms with Crippen LogP contribution < -0.4 is 9.64 Å². The smallest absolute Gasteiger partial charge is 0.143 e. The van der Waals surface area contributed by atoms with E-state index in [1.165, 1.54) is 0 Å². The van der Waals surface area contributed by atoms with E-state index < -0.39 is 0 Å². The van der Waals surface area contributed by atoms with Gasteiger partial charge in [0.25, 0.3) is 0 Å². The number of hydrogen-bond donors (Lipinski definition) is 1. The summed E-state index contributed by atoms with van der Waals surface area (Å²) in [7, 11) is 0. The van der Waals surface area contributed by atoms with E-state index >= 15 is 0 Å². The van der Waals surface area contributed by atoms with Crippen LogP contribution in [0.15, 0.2) is 52.7 Å². The zero-order valence-corrected chi connectivity index (χ0v) is 13.2. The monoisotopic (exact) mass is 328 g/mol. The van der Waals surface area contributed by atoms with Crippen LogP contribution in [0.4, 0.5) is 5.69 Å². The summed E-state index contributed by atoms with van der Waals surface area (Å²) >= 11 is 1.61. The second-order valence-corrected chi connectivity index (χ2v) is 6.28. The third kappa shape index (κ3) is 2.83. The summed E-state index contributed by atoms with van der Waals surface area (Å²) in [5.74, 6) is 0.808. The molecule has 1 atom stereocenters. The first-order valence-corrected chi connectivity index (χ1v) is 8.30. The quantitative estimate of drug-likeness (QED) is 0.797. The molecule has 1 aliphatic heterocycles. The lowest BCUT2D eigenvalue weighted by atomic mass is 10.2. The Balaban J connectivity index is 1.58. The number of ether oxygens (including phenoxy) is 1. The van der Waals surface area contributed by atoms with Crippen LogP contribution >= 0.6 is 11.3 Å². The minimum Gasteiger partial charge on any atom is -0.484 e. The lowest BCUT2D eigenvalue weighted by Crippen LogP contribution is -2.41. The number of benzene rings is 1. The third-order valence-electron chi connectivity index (χ3n) is 3.80. The molecule has 0 amide bonds. The number of aliphatic hydroxyl groups is 1. The van der Waals surface area contributed by atoms with Crippen molar-refractivity contribution in [2.75, 3.05) is 18.1 Å². The maximum atomic E-state index is 9.45. The molecule has 1 N–H and O–H groups in total. The summed E-state index contributed by atoms with van der Waals surface area (Å²) in [6.45, 7) is 1.33. The fourth-order valence-electron chi connectivity index (χ4n) is 2.72. The Kier molecular flexibility index (Phi) is 3.77. The number of fused-ring (bicyclic) bond motifs is 1. The molecular formula is C17H16N2O3S. The highest BCUT2D eigenvalue weighted by Gasteiger charge is 2.25.